The van der Waals surface area contributed by atoms with E-state index < -0.39 is 6.04 Å². The van der Waals surface area contributed by atoms with Gasteiger partial charge in [0.15, 0.2) is 0 Å². The van der Waals surface area contributed by atoms with Gasteiger partial charge in [0.25, 0.3) is 0 Å². The number of hydrogen-bond acceptors (Lipinski definition) is 4. The normalized spacial score (nSPS) is 13.5. The van der Waals surface area contributed by atoms with Crippen LogP contribution in [-0.4, -0.2) is 33.3 Å². The number of hydrogen-bond donors (Lipinski definition) is 2. The van der Waals surface area contributed by atoms with Crippen LogP contribution in [0, 0.1) is 5.41 Å². The molecule has 0 saturated carbocycles. The SMILES string of the molecule is Cn1cnnc1CCNC(=O)[C@H](N)C(C)(C)C. The number of aryl methyl sites for hydroxylation is 1. The number of amides is 1. The maximum atomic E-state index is 11.7. The summed E-state index contributed by atoms with van der Waals surface area (Å²) in [6.45, 7) is 6.36. The summed E-state index contributed by atoms with van der Waals surface area (Å²) in [6, 6.07) is -0.498. The second kappa shape index (κ2) is 5.27. The average molecular weight is 239 g/mol. The fraction of sp³-hybridized carbons (Fsp3) is 0.727. The van der Waals surface area contributed by atoms with Gasteiger partial charge < -0.3 is 15.6 Å². The van der Waals surface area contributed by atoms with Crippen molar-refractivity contribution < 1.29 is 4.79 Å². The molecule has 1 heterocycles. The molecule has 6 nitrogen and oxygen atoms in total. The third kappa shape index (κ3) is 3.81. The lowest BCUT2D eigenvalue weighted by atomic mass is 9.87. The molecule has 0 bridgehead atoms. The first-order valence-electron chi connectivity index (χ1n) is 5.68. The molecule has 96 valence electrons. The summed E-state index contributed by atoms with van der Waals surface area (Å²) in [5, 5.41) is 10.5. The molecule has 0 spiro atoms. The van der Waals surface area contributed by atoms with Crippen molar-refractivity contribution >= 4 is 5.91 Å². The number of nitrogens with zero attached hydrogens (tertiary/aromatic N) is 3. The lowest BCUT2D eigenvalue weighted by Gasteiger charge is -2.25. The highest BCUT2D eigenvalue weighted by molar-refractivity contribution is 5.82. The van der Waals surface area contributed by atoms with Crippen LogP contribution in [0.4, 0.5) is 0 Å². The van der Waals surface area contributed by atoms with Gasteiger partial charge in [0.1, 0.15) is 12.2 Å². The molecule has 0 radical (unpaired) electrons. The molecule has 6 heteroatoms. The van der Waals surface area contributed by atoms with Crippen molar-refractivity contribution in [2.24, 2.45) is 18.2 Å². The van der Waals surface area contributed by atoms with E-state index in [0.29, 0.717) is 13.0 Å². The van der Waals surface area contributed by atoms with E-state index in [2.05, 4.69) is 15.5 Å². The second-order valence-electron chi connectivity index (χ2n) is 5.24. The first kappa shape index (κ1) is 13.6. The molecule has 1 aromatic heterocycles. The summed E-state index contributed by atoms with van der Waals surface area (Å²) < 4.78 is 1.83. The molecule has 0 saturated heterocycles. The summed E-state index contributed by atoms with van der Waals surface area (Å²) in [5.41, 5.74) is 5.61. The van der Waals surface area contributed by atoms with Gasteiger partial charge in [-0.2, -0.15) is 0 Å². The van der Waals surface area contributed by atoms with Gasteiger partial charge in [-0.25, -0.2) is 0 Å². The van der Waals surface area contributed by atoms with Crippen LogP contribution in [0.1, 0.15) is 26.6 Å². The lowest BCUT2D eigenvalue weighted by molar-refractivity contribution is -0.124. The first-order chi connectivity index (χ1) is 7.82. The molecule has 1 rings (SSSR count). The topological polar surface area (TPSA) is 85.8 Å². The minimum Gasteiger partial charge on any atom is -0.354 e. The van der Waals surface area contributed by atoms with Crippen LogP contribution in [0.2, 0.25) is 0 Å². The fourth-order valence-electron chi connectivity index (χ4n) is 1.33. The Morgan fingerprint density at radius 1 is 1.59 bits per heavy atom. The predicted molar refractivity (Wildman–Crippen MR) is 65.1 cm³/mol. The maximum Gasteiger partial charge on any atom is 0.237 e. The van der Waals surface area contributed by atoms with Gasteiger partial charge in [0, 0.05) is 20.0 Å². The molecular formula is C11H21N5O. The molecule has 3 N–H and O–H groups in total. The lowest BCUT2D eigenvalue weighted by Crippen LogP contribution is -2.49. The van der Waals surface area contributed by atoms with Crippen molar-refractivity contribution in [1.29, 1.82) is 0 Å². The zero-order valence-corrected chi connectivity index (χ0v) is 10.9. The summed E-state index contributed by atoms with van der Waals surface area (Å²) >= 11 is 0. The molecule has 0 fully saturated rings. The van der Waals surface area contributed by atoms with Crippen LogP contribution in [-0.2, 0) is 18.3 Å². The maximum absolute atomic E-state index is 11.7. The highest BCUT2D eigenvalue weighted by atomic mass is 16.2. The van der Waals surface area contributed by atoms with Crippen LogP contribution in [0.5, 0.6) is 0 Å². The van der Waals surface area contributed by atoms with E-state index in [1.165, 1.54) is 0 Å². The Bertz CT molecular complexity index is 379. The molecular weight excluding hydrogens is 218 g/mol. The fourth-order valence-corrected chi connectivity index (χ4v) is 1.33. The van der Waals surface area contributed by atoms with E-state index in [9.17, 15) is 4.79 Å². The second-order valence-corrected chi connectivity index (χ2v) is 5.24. The predicted octanol–water partition coefficient (Wildman–Crippen LogP) is -0.153. The van der Waals surface area contributed by atoms with Gasteiger partial charge >= 0.3 is 0 Å². The Labute approximate surface area is 102 Å². The van der Waals surface area contributed by atoms with Gasteiger partial charge in [-0.3, -0.25) is 4.79 Å². The van der Waals surface area contributed by atoms with Crippen LogP contribution in [0.25, 0.3) is 0 Å². The van der Waals surface area contributed by atoms with E-state index in [4.69, 9.17) is 5.73 Å². The van der Waals surface area contributed by atoms with Crippen molar-refractivity contribution in [1.82, 2.24) is 20.1 Å². The van der Waals surface area contributed by atoms with E-state index in [0.717, 1.165) is 5.82 Å². The van der Waals surface area contributed by atoms with Crippen molar-refractivity contribution in [2.75, 3.05) is 6.54 Å². The summed E-state index contributed by atoms with van der Waals surface area (Å²) in [7, 11) is 1.87. The number of aromatic nitrogens is 3. The number of nitrogens with two attached hydrogens (primary N) is 1. The molecule has 0 aliphatic rings. The third-order valence-corrected chi connectivity index (χ3v) is 2.67. The Kier molecular flexibility index (Phi) is 4.22. The summed E-state index contributed by atoms with van der Waals surface area (Å²) in [6.07, 6.45) is 2.29. The van der Waals surface area contributed by atoms with Crippen LogP contribution in [0.15, 0.2) is 6.33 Å². The van der Waals surface area contributed by atoms with E-state index >= 15 is 0 Å². The van der Waals surface area contributed by atoms with E-state index in [1.807, 2.05) is 32.4 Å². The number of carbonyl (C=O) groups excluding carboxylic acids is 1. The van der Waals surface area contributed by atoms with Gasteiger partial charge in [-0.05, 0) is 5.41 Å². The summed E-state index contributed by atoms with van der Waals surface area (Å²) in [5.74, 6) is 0.717. The quantitative estimate of drug-likeness (QED) is 0.765. The van der Waals surface area contributed by atoms with Crippen LogP contribution in [0.3, 0.4) is 0 Å². The molecule has 1 aromatic rings. The van der Waals surface area contributed by atoms with E-state index in [1.54, 1.807) is 6.33 Å². The van der Waals surface area contributed by atoms with Crippen molar-refractivity contribution in [2.45, 2.75) is 33.2 Å². The van der Waals surface area contributed by atoms with Gasteiger partial charge in [0.2, 0.25) is 5.91 Å². The average Bonchev–Trinajstić information content (AvgIpc) is 2.62. The van der Waals surface area contributed by atoms with E-state index in [-0.39, 0.29) is 11.3 Å². The molecule has 0 aliphatic carbocycles. The Morgan fingerprint density at radius 3 is 2.71 bits per heavy atom. The highest BCUT2D eigenvalue weighted by Crippen LogP contribution is 2.16. The van der Waals surface area contributed by atoms with Gasteiger partial charge in [0.05, 0.1) is 6.04 Å². The smallest absolute Gasteiger partial charge is 0.237 e. The van der Waals surface area contributed by atoms with Gasteiger partial charge in [-0.1, -0.05) is 20.8 Å². The zero-order valence-electron chi connectivity index (χ0n) is 10.9. The molecule has 1 amide bonds. The Hall–Kier alpha value is -1.43. The summed E-state index contributed by atoms with van der Waals surface area (Å²) in [4.78, 5) is 11.7. The monoisotopic (exact) mass is 239 g/mol. The minimum atomic E-state index is -0.498. The van der Waals surface area contributed by atoms with Gasteiger partial charge in [-0.15, -0.1) is 10.2 Å². The third-order valence-electron chi connectivity index (χ3n) is 2.67. The highest BCUT2D eigenvalue weighted by Gasteiger charge is 2.26. The van der Waals surface area contributed by atoms with Crippen LogP contribution < -0.4 is 11.1 Å². The van der Waals surface area contributed by atoms with Crippen molar-refractivity contribution in [3.8, 4) is 0 Å². The minimum absolute atomic E-state index is 0.125. The van der Waals surface area contributed by atoms with Crippen molar-refractivity contribution in [3.63, 3.8) is 0 Å². The molecule has 1 atom stereocenters. The largest absolute Gasteiger partial charge is 0.354 e. The molecule has 0 aromatic carbocycles. The Morgan fingerprint density at radius 2 is 2.24 bits per heavy atom. The number of carbonyl (C=O) groups is 1. The number of nitrogens with one attached hydrogen (secondary N) is 1. The van der Waals surface area contributed by atoms with Crippen molar-refractivity contribution in [3.05, 3.63) is 12.2 Å². The molecule has 0 aliphatic heterocycles. The molecule has 0 unspecified atom stereocenters. The van der Waals surface area contributed by atoms with Crippen LogP contribution >= 0.6 is 0 Å². The standard InChI is InChI=1S/C11H21N5O/c1-11(2,3)9(12)10(17)13-6-5-8-15-14-7-16(8)4/h7,9H,5-6,12H2,1-4H3,(H,13,17)/t9-/m0/s1. The zero-order chi connectivity index (χ0) is 13.1. The molecule has 17 heavy (non-hydrogen) atoms. The number of rotatable bonds is 4. The Balaban J connectivity index is 2.37. The first-order valence-corrected chi connectivity index (χ1v) is 5.68.